The van der Waals surface area contributed by atoms with Gasteiger partial charge in [-0.1, -0.05) is 29.8 Å². The Balaban J connectivity index is 1.73. The number of aromatic nitrogens is 1. The lowest BCUT2D eigenvalue weighted by molar-refractivity contribution is 0.415. The molecule has 2 aromatic carbocycles. The minimum atomic E-state index is -0.427. The number of anilines is 1. The number of benzene rings is 2. The van der Waals surface area contributed by atoms with E-state index < -0.39 is 5.82 Å². The molecular weight excluding hydrogens is 349 g/mol. The van der Waals surface area contributed by atoms with E-state index in [-0.39, 0.29) is 5.56 Å². The van der Waals surface area contributed by atoms with E-state index in [1.54, 1.807) is 19.2 Å². The maximum Gasteiger partial charge on any atom is 0.203 e. The number of ether oxygens (including phenoxy) is 1. The summed E-state index contributed by atoms with van der Waals surface area (Å²) in [5.74, 6) is 0.339. The van der Waals surface area contributed by atoms with E-state index in [9.17, 15) is 4.39 Å². The van der Waals surface area contributed by atoms with E-state index in [1.807, 2.05) is 29.6 Å². The van der Waals surface area contributed by atoms with Gasteiger partial charge in [-0.3, -0.25) is 5.43 Å². The molecule has 0 bridgehead atoms. The fourth-order valence-corrected chi connectivity index (χ4v) is 2.91. The number of hydrogen-bond donors (Lipinski definition) is 1. The van der Waals surface area contributed by atoms with Crippen molar-refractivity contribution in [2.24, 2.45) is 5.10 Å². The van der Waals surface area contributed by atoms with Crippen LogP contribution in [-0.4, -0.2) is 18.3 Å². The number of methoxy groups -OCH3 is 1. The van der Waals surface area contributed by atoms with Crippen LogP contribution in [0.2, 0.25) is 5.02 Å². The molecule has 0 amide bonds. The molecule has 0 aliphatic carbocycles. The molecule has 0 saturated carbocycles. The molecule has 0 saturated heterocycles. The monoisotopic (exact) mass is 361 g/mol. The molecule has 3 rings (SSSR count). The molecule has 7 heteroatoms. The summed E-state index contributed by atoms with van der Waals surface area (Å²) in [5, 5.41) is 6.80. The summed E-state index contributed by atoms with van der Waals surface area (Å²) in [7, 11) is 1.62. The van der Waals surface area contributed by atoms with E-state index in [4.69, 9.17) is 16.3 Å². The predicted octanol–water partition coefficient (Wildman–Crippen LogP) is 5.06. The van der Waals surface area contributed by atoms with Gasteiger partial charge in [-0.25, -0.2) is 9.37 Å². The zero-order chi connectivity index (χ0) is 16.9. The predicted molar refractivity (Wildman–Crippen MR) is 96.7 cm³/mol. The second-order valence-electron chi connectivity index (χ2n) is 4.78. The van der Waals surface area contributed by atoms with Crippen molar-refractivity contribution < 1.29 is 9.13 Å². The minimum Gasteiger partial charge on any atom is -0.497 e. The van der Waals surface area contributed by atoms with Gasteiger partial charge in [0.2, 0.25) is 5.13 Å². The van der Waals surface area contributed by atoms with Gasteiger partial charge >= 0.3 is 0 Å². The number of halogens is 2. The minimum absolute atomic E-state index is 0.233. The quantitative estimate of drug-likeness (QED) is 0.510. The Morgan fingerprint density at radius 3 is 2.92 bits per heavy atom. The zero-order valence-electron chi connectivity index (χ0n) is 12.7. The van der Waals surface area contributed by atoms with Crippen molar-refractivity contribution in [2.45, 2.75) is 0 Å². The first-order chi connectivity index (χ1) is 11.7. The number of hydrazone groups is 1. The summed E-state index contributed by atoms with van der Waals surface area (Å²) in [6.45, 7) is 0. The Hall–Kier alpha value is -2.44. The van der Waals surface area contributed by atoms with Crippen molar-refractivity contribution in [2.75, 3.05) is 12.5 Å². The standard InChI is InChI=1S/C17H13ClFN3OS/c1-23-12-5-2-4-11(8-12)16-10-24-17(21-16)22-20-9-13-14(18)6-3-7-15(13)19/h2-10H,1H3,(H,21,22)/b20-9-. The molecule has 0 fully saturated rings. The van der Waals surface area contributed by atoms with Crippen LogP contribution in [0.4, 0.5) is 9.52 Å². The second-order valence-corrected chi connectivity index (χ2v) is 6.04. The van der Waals surface area contributed by atoms with Crippen LogP contribution in [0.5, 0.6) is 5.75 Å². The van der Waals surface area contributed by atoms with Gasteiger partial charge in [0.05, 0.1) is 24.0 Å². The van der Waals surface area contributed by atoms with Crippen LogP contribution in [0.3, 0.4) is 0 Å². The number of thiazole rings is 1. The Morgan fingerprint density at radius 2 is 2.12 bits per heavy atom. The van der Waals surface area contributed by atoms with Gasteiger partial charge in [0.1, 0.15) is 11.6 Å². The number of nitrogens with one attached hydrogen (secondary N) is 1. The lowest BCUT2D eigenvalue weighted by Gasteiger charge is -2.01. The molecule has 0 atom stereocenters. The summed E-state index contributed by atoms with van der Waals surface area (Å²) in [5.41, 5.74) is 4.77. The van der Waals surface area contributed by atoms with Crippen LogP contribution in [0, 0.1) is 5.82 Å². The Morgan fingerprint density at radius 1 is 1.29 bits per heavy atom. The summed E-state index contributed by atoms with van der Waals surface area (Å²) in [6.07, 6.45) is 1.34. The van der Waals surface area contributed by atoms with Crippen molar-refractivity contribution in [3.05, 3.63) is 64.2 Å². The van der Waals surface area contributed by atoms with Gasteiger partial charge in [0.25, 0.3) is 0 Å². The largest absolute Gasteiger partial charge is 0.497 e. The van der Waals surface area contributed by atoms with Gasteiger partial charge in [-0.05, 0) is 24.3 Å². The van der Waals surface area contributed by atoms with Gasteiger partial charge in [-0.15, -0.1) is 11.3 Å². The number of nitrogens with zero attached hydrogens (tertiary/aromatic N) is 2. The summed E-state index contributed by atoms with van der Waals surface area (Å²) in [4.78, 5) is 4.44. The van der Waals surface area contributed by atoms with Gasteiger partial charge in [-0.2, -0.15) is 5.10 Å². The summed E-state index contributed by atoms with van der Waals surface area (Å²) in [6, 6.07) is 12.1. The molecule has 0 spiro atoms. The highest BCUT2D eigenvalue weighted by Gasteiger charge is 2.06. The molecule has 0 aliphatic rings. The SMILES string of the molecule is COc1cccc(-c2csc(N/N=C\c3c(F)cccc3Cl)n2)c1. The van der Waals surface area contributed by atoms with Crippen LogP contribution >= 0.6 is 22.9 Å². The Labute approximate surface area is 147 Å². The van der Waals surface area contributed by atoms with E-state index in [2.05, 4.69) is 15.5 Å². The number of rotatable bonds is 5. The number of hydrogen-bond acceptors (Lipinski definition) is 5. The zero-order valence-corrected chi connectivity index (χ0v) is 14.2. The highest BCUT2D eigenvalue weighted by Crippen LogP contribution is 2.27. The van der Waals surface area contributed by atoms with Crippen molar-refractivity contribution in [1.29, 1.82) is 0 Å². The summed E-state index contributed by atoms with van der Waals surface area (Å²) >= 11 is 7.34. The van der Waals surface area contributed by atoms with E-state index in [1.165, 1.54) is 23.6 Å². The molecule has 1 aromatic heterocycles. The van der Waals surface area contributed by atoms with Crippen LogP contribution < -0.4 is 10.2 Å². The molecule has 3 aromatic rings. The normalized spacial score (nSPS) is 11.0. The molecular formula is C17H13ClFN3OS. The first-order valence-electron chi connectivity index (χ1n) is 7.00. The third kappa shape index (κ3) is 3.72. The molecule has 4 nitrogen and oxygen atoms in total. The Bertz CT molecular complexity index is 862. The molecule has 0 unspecified atom stereocenters. The first kappa shape index (κ1) is 16.4. The molecule has 24 heavy (non-hydrogen) atoms. The highest BCUT2D eigenvalue weighted by molar-refractivity contribution is 7.14. The van der Waals surface area contributed by atoms with Crippen molar-refractivity contribution >= 4 is 34.3 Å². The maximum atomic E-state index is 13.6. The average Bonchev–Trinajstić information content (AvgIpc) is 3.06. The third-order valence-corrected chi connectivity index (χ3v) is 4.30. The van der Waals surface area contributed by atoms with Crippen molar-refractivity contribution in [3.63, 3.8) is 0 Å². The second kappa shape index (κ2) is 7.42. The molecule has 0 radical (unpaired) electrons. The van der Waals surface area contributed by atoms with Crippen molar-refractivity contribution in [3.8, 4) is 17.0 Å². The van der Waals surface area contributed by atoms with Crippen LogP contribution in [0.15, 0.2) is 52.9 Å². The average molecular weight is 362 g/mol. The van der Waals surface area contributed by atoms with E-state index in [0.29, 0.717) is 10.2 Å². The van der Waals surface area contributed by atoms with Crippen LogP contribution in [0.25, 0.3) is 11.3 Å². The maximum absolute atomic E-state index is 13.6. The van der Waals surface area contributed by atoms with Crippen molar-refractivity contribution in [1.82, 2.24) is 4.98 Å². The Kier molecular flexibility index (Phi) is 5.08. The van der Waals surface area contributed by atoms with E-state index >= 15 is 0 Å². The fourth-order valence-electron chi connectivity index (χ4n) is 2.03. The molecule has 1 N–H and O–H groups in total. The lowest BCUT2D eigenvalue weighted by Crippen LogP contribution is -1.94. The molecule has 1 heterocycles. The van der Waals surface area contributed by atoms with Crippen LogP contribution in [-0.2, 0) is 0 Å². The van der Waals surface area contributed by atoms with E-state index in [0.717, 1.165) is 17.0 Å². The van der Waals surface area contributed by atoms with Gasteiger partial charge < -0.3 is 4.74 Å². The fraction of sp³-hybridized carbons (Fsp3) is 0.0588. The molecule has 122 valence electrons. The molecule has 0 aliphatic heterocycles. The summed E-state index contributed by atoms with van der Waals surface area (Å²) < 4.78 is 18.9. The topological polar surface area (TPSA) is 46.5 Å². The third-order valence-electron chi connectivity index (χ3n) is 3.22. The lowest BCUT2D eigenvalue weighted by atomic mass is 10.2. The smallest absolute Gasteiger partial charge is 0.203 e. The first-order valence-corrected chi connectivity index (χ1v) is 8.26. The van der Waals surface area contributed by atoms with Crippen LogP contribution in [0.1, 0.15) is 5.56 Å². The highest BCUT2D eigenvalue weighted by atomic mass is 35.5. The van der Waals surface area contributed by atoms with Gasteiger partial charge in [0, 0.05) is 16.5 Å². The van der Waals surface area contributed by atoms with Gasteiger partial charge in [0.15, 0.2) is 0 Å².